The molecule has 0 fully saturated rings. The summed E-state index contributed by atoms with van der Waals surface area (Å²) >= 11 is 6.76. The highest BCUT2D eigenvalue weighted by atomic mass is 79.9. The van der Waals surface area contributed by atoms with Crippen LogP contribution in [0.4, 0.5) is 5.69 Å². The van der Waals surface area contributed by atoms with E-state index < -0.39 is 0 Å². The Labute approximate surface area is 134 Å². The first-order chi connectivity index (χ1) is 9.56. The Kier molecular flexibility index (Phi) is 5.20. The number of hydrogen-bond donors (Lipinski definition) is 1. The van der Waals surface area contributed by atoms with Crippen molar-refractivity contribution in [1.82, 2.24) is 0 Å². The van der Waals surface area contributed by atoms with Crippen molar-refractivity contribution in [2.24, 2.45) is 0 Å². The van der Waals surface area contributed by atoms with Gasteiger partial charge in [0.1, 0.15) is 5.75 Å². The fraction of sp³-hybridized carbons (Fsp3) is 0.133. The summed E-state index contributed by atoms with van der Waals surface area (Å²) in [6.07, 6.45) is 0. The van der Waals surface area contributed by atoms with Gasteiger partial charge in [-0.3, -0.25) is 4.79 Å². The van der Waals surface area contributed by atoms with Crippen molar-refractivity contribution in [3.8, 4) is 5.75 Å². The minimum Gasteiger partial charge on any atom is -0.483 e. The lowest BCUT2D eigenvalue weighted by molar-refractivity contribution is -0.118. The molecule has 0 radical (unpaired) electrons. The van der Waals surface area contributed by atoms with E-state index in [9.17, 15) is 4.79 Å². The molecule has 1 amide bonds. The van der Waals surface area contributed by atoms with E-state index in [1.807, 2.05) is 49.4 Å². The summed E-state index contributed by atoms with van der Waals surface area (Å²) in [7, 11) is 0. The van der Waals surface area contributed by atoms with Crippen LogP contribution in [0.5, 0.6) is 5.75 Å². The number of anilines is 1. The maximum Gasteiger partial charge on any atom is 0.262 e. The van der Waals surface area contributed by atoms with Crippen LogP contribution in [0.2, 0.25) is 0 Å². The van der Waals surface area contributed by atoms with Crippen LogP contribution in [-0.2, 0) is 4.79 Å². The summed E-state index contributed by atoms with van der Waals surface area (Å²) in [6, 6.07) is 13.2. The third-order valence-electron chi connectivity index (χ3n) is 2.65. The van der Waals surface area contributed by atoms with E-state index >= 15 is 0 Å². The molecule has 2 rings (SSSR count). The lowest BCUT2D eigenvalue weighted by atomic mass is 10.2. The predicted molar refractivity (Wildman–Crippen MR) is 87.1 cm³/mol. The molecule has 0 aliphatic rings. The number of ether oxygens (including phenoxy) is 1. The average molecular weight is 399 g/mol. The fourth-order valence-corrected chi connectivity index (χ4v) is 2.35. The van der Waals surface area contributed by atoms with Gasteiger partial charge in [0.05, 0.1) is 5.69 Å². The molecule has 0 atom stereocenters. The number of nitrogens with one attached hydrogen (secondary N) is 1. The molecule has 0 unspecified atom stereocenters. The lowest BCUT2D eigenvalue weighted by Gasteiger charge is -2.10. The van der Waals surface area contributed by atoms with Gasteiger partial charge in [-0.25, -0.2) is 0 Å². The van der Waals surface area contributed by atoms with Crippen LogP contribution in [-0.4, -0.2) is 12.5 Å². The van der Waals surface area contributed by atoms with E-state index in [-0.39, 0.29) is 12.5 Å². The molecule has 0 heterocycles. The standard InChI is InChI=1S/C15H13Br2NO2/c1-10-4-2-3-5-14(10)20-9-15(19)18-13-8-11(16)6-7-12(13)17/h2-8H,9H2,1H3,(H,18,19). The number of carbonyl (C=O) groups excluding carboxylic acids is 1. The lowest BCUT2D eigenvalue weighted by Crippen LogP contribution is -2.20. The monoisotopic (exact) mass is 397 g/mol. The maximum absolute atomic E-state index is 11.9. The number of rotatable bonds is 4. The van der Waals surface area contributed by atoms with Crippen molar-refractivity contribution >= 4 is 43.5 Å². The molecule has 0 aliphatic heterocycles. The van der Waals surface area contributed by atoms with Crippen LogP contribution in [0.3, 0.4) is 0 Å². The molecule has 0 saturated carbocycles. The summed E-state index contributed by atoms with van der Waals surface area (Å²) in [5.74, 6) is 0.517. The molecule has 2 aromatic carbocycles. The topological polar surface area (TPSA) is 38.3 Å². The highest BCUT2D eigenvalue weighted by Gasteiger charge is 2.08. The maximum atomic E-state index is 11.9. The van der Waals surface area contributed by atoms with Gasteiger partial charge in [0.15, 0.2) is 6.61 Å². The second kappa shape index (κ2) is 6.90. The molecular formula is C15H13Br2NO2. The van der Waals surface area contributed by atoms with Crippen molar-refractivity contribution in [2.45, 2.75) is 6.92 Å². The molecule has 0 aliphatic carbocycles. The summed E-state index contributed by atoms with van der Waals surface area (Å²) < 4.78 is 7.22. The van der Waals surface area contributed by atoms with Crippen LogP contribution in [0.1, 0.15) is 5.56 Å². The van der Waals surface area contributed by atoms with Crippen molar-refractivity contribution < 1.29 is 9.53 Å². The smallest absolute Gasteiger partial charge is 0.262 e. The Balaban J connectivity index is 1.96. The van der Waals surface area contributed by atoms with E-state index in [1.165, 1.54) is 0 Å². The number of halogens is 2. The summed E-state index contributed by atoms with van der Waals surface area (Å²) in [5, 5.41) is 2.80. The number of hydrogen-bond acceptors (Lipinski definition) is 2. The van der Waals surface area contributed by atoms with Gasteiger partial charge in [-0.15, -0.1) is 0 Å². The Morgan fingerprint density at radius 1 is 1.20 bits per heavy atom. The molecule has 0 bridgehead atoms. The molecule has 0 aromatic heterocycles. The zero-order chi connectivity index (χ0) is 14.5. The molecule has 2 aromatic rings. The molecule has 0 saturated heterocycles. The summed E-state index contributed by atoms with van der Waals surface area (Å²) in [4.78, 5) is 11.9. The van der Waals surface area contributed by atoms with Gasteiger partial charge in [0.25, 0.3) is 5.91 Å². The van der Waals surface area contributed by atoms with Gasteiger partial charge in [-0.05, 0) is 52.7 Å². The quantitative estimate of drug-likeness (QED) is 0.821. The molecule has 20 heavy (non-hydrogen) atoms. The fourth-order valence-electron chi connectivity index (χ4n) is 1.64. The normalized spacial score (nSPS) is 10.2. The van der Waals surface area contributed by atoms with E-state index in [1.54, 1.807) is 0 Å². The molecule has 3 nitrogen and oxygen atoms in total. The third-order valence-corrected chi connectivity index (χ3v) is 3.84. The van der Waals surface area contributed by atoms with E-state index in [2.05, 4.69) is 37.2 Å². The SMILES string of the molecule is Cc1ccccc1OCC(=O)Nc1cc(Br)ccc1Br. The molecule has 5 heteroatoms. The first-order valence-corrected chi connectivity index (χ1v) is 7.58. The number of amides is 1. The molecule has 104 valence electrons. The number of carbonyl (C=O) groups is 1. The average Bonchev–Trinajstić information content (AvgIpc) is 2.42. The Hall–Kier alpha value is -1.33. The highest BCUT2D eigenvalue weighted by Crippen LogP contribution is 2.26. The minimum absolute atomic E-state index is 0.0240. The van der Waals surface area contributed by atoms with E-state index in [4.69, 9.17) is 4.74 Å². The van der Waals surface area contributed by atoms with E-state index in [0.717, 1.165) is 20.3 Å². The van der Waals surface area contributed by atoms with Crippen LogP contribution in [0.25, 0.3) is 0 Å². The summed E-state index contributed by atoms with van der Waals surface area (Å²) in [5.41, 5.74) is 1.71. The first-order valence-electron chi connectivity index (χ1n) is 5.99. The second-order valence-corrected chi connectivity index (χ2v) is 6.00. The predicted octanol–water partition coefficient (Wildman–Crippen LogP) is 4.54. The van der Waals surface area contributed by atoms with Crippen LogP contribution < -0.4 is 10.1 Å². The van der Waals surface area contributed by atoms with Gasteiger partial charge in [0, 0.05) is 8.95 Å². The highest BCUT2D eigenvalue weighted by molar-refractivity contribution is 9.11. The summed E-state index contributed by atoms with van der Waals surface area (Å²) in [6.45, 7) is 1.92. The van der Waals surface area contributed by atoms with Crippen molar-refractivity contribution in [3.05, 3.63) is 57.0 Å². The third kappa shape index (κ3) is 4.08. The van der Waals surface area contributed by atoms with Crippen LogP contribution in [0, 0.1) is 6.92 Å². The minimum atomic E-state index is -0.202. The molecular weight excluding hydrogens is 386 g/mol. The Bertz CT molecular complexity index is 629. The zero-order valence-corrected chi connectivity index (χ0v) is 14.0. The molecule has 1 N–H and O–H groups in total. The van der Waals surface area contributed by atoms with Crippen LogP contribution >= 0.6 is 31.9 Å². The van der Waals surface area contributed by atoms with Gasteiger partial charge < -0.3 is 10.1 Å². The van der Waals surface area contributed by atoms with Gasteiger partial charge >= 0.3 is 0 Å². The van der Waals surface area contributed by atoms with Crippen LogP contribution in [0.15, 0.2) is 51.4 Å². The van der Waals surface area contributed by atoms with Crippen molar-refractivity contribution in [3.63, 3.8) is 0 Å². The van der Waals surface area contributed by atoms with Gasteiger partial charge in [-0.2, -0.15) is 0 Å². The molecule has 0 spiro atoms. The Morgan fingerprint density at radius 2 is 1.95 bits per heavy atom. The van der Waals surface area contributed by atoms with Gasteiger partial charge in [0.2, 0.25) is 0 Å². The second-order valence-electron chi connectivity index (χ2n) is 4.23. The zero-order valence-electron chi connectivity index (χ0n) is 10.8. The van der Waals surface area contributed by atoms with E-state index in [0.29, 0.717) is 5.69 Å². The largest absolute Gasteiger partial charge is 0.483 e. The number of para-hydroxylation sites is 1. The first kappa shape index (κ1) is 15.1. The van der Waals surface area contributed by atoms with Gasteiger partial charge in [-0.1, -0.05) is 34.1 Å². The Morgan fingerprint density at radius 3 is 2.70 bits per heavy atom. The van der Waals surface area contributed by atoms with Crippen molar-refractivity contribution in [1.29, 1.82) is 0 Å². The van der Waals surface area contributed by atoms with Crippen molar-refractivity contribution in [2.75, 3.05) is 11.9 Å². The number of aryl methyl sites for hydroxylation is 1. The number of benzene rings is 2.